The highest BCUT2D eigenvalue weighted by molar-refractivity contribution is 6.06. The normalized spacial score (nSPS) is 45.7. The molecular weight excluding hydrogens is 424 g/mol. The van der Waals surface area contributed by atoms with E-state index >= 15 is 0 Å². The Morgan fingerprint density at radius 2 is 1.68 bits per heavy atom. The summed E-state index contributed by atoms with van der Waals surface area (Å²) >= 11 is 0. The number of rotatable bonds is 1. The quantitative estimate of drug-likeness (QED) is 0.434. The molecule has 0 unspecified atom stereocenters. The molecule has 184 valence electrons. The molecule has 5 rings (SSSR count). The number of allylic oxidation sites excluding steroid dienone is 7. The molecule has 0 radical (unpaired) electrons. The second-order valence-electron chi connectivity index (χ2n) is 13.1. The maximum atomic E-state index is 12.8. The predicted octanol–water partition coefficient (Wildman–Crippen LogP) is 6.79. The molecular formula is C30H40O4. The van der Waals surface area contributed by atoms with Gasteiger partial charge in [-0.3, -0.25) is 9.59 Å². The van der Waals surface area contributed by atoms with Gasteiger partial charge < -0.3 is 9.84 Å². The first-order chi connectivity index (χ1) is 15.8. The Morgan fingerprint density at radius 3 is 2.35 bits per heavy atom. The Morgan fingerprint density at radius 1 is 1.00 bits per heavy atom. The van der Waals surface area contributed by atoms with Crippen LogP contribution in [-0.4, -0.2) is 24.0 Å². The van der Waals surface area contributed by atoms with Gasteiger partial charge >= 0.3 is 5.97 Å². The van der Waals surface area contributed by atoms with Gasteiger partial charge in [0.25, 0.3) is 0 Å². The van der Waals surface area contributed by atoms with Crippen LogP contribution >= 0.6 is 0 Å². The van der Waals surface area contributed by atoms with Gasteiger partial charge in [-0.05, 0) is 98.2 Å². The van der Waals surface area contributed by atoms with Crippen molar-refractivity contribution in [1.82, 2.24) is 0 Å². The van der Waals surface area contributed by atoms with Crippen LogP contribution < -0.4 is 0 Å². The molecule has 5 aliphatic rings. The van der Waals surface area contributed by atoms with E-state index in [0.29, 0.717) is 11.5 Å². The average molecular weight is 465 g/mol. The number of aliphatic hydroxyl groups excluding tert-OH is 1. The van der Waals surface area contributed by atoms with Crippen molar-refractivity contribution in [3.05, 3.63) is 46.3 Å². The van der Waals surface area contributed by atoms with Crippen LogP contribution in [0.15, 0.2) is 46.3 Å². The fourth-order valence-electron chi connectivity index (χ4n) is 8.89. The van der Waals surface area contributed by atoms with Gasteiger partial charge in [0.1, 0.15) is 0 Å². The van der Waals surface area contributed by atoms with E-state index in [-0.39, 0.29) is 39.2 Å². The highest BCUT2D eigenvalue weighted by Gasteiger charge is 2.67. The van der Waals surface area contributed by atoms with Crippen molar-refractivity contribution in [1.29, 1.82) is 0 Å². The van der Waals surface area contributed by atoms with Gasteiger partial charge in [-0.15, -0.1) is 0 Å². The van der Waals surface area contributed by atoms with E-state index in [2.05, 4.69) is 46.8 Å². The molecule has 1 N–H and O–H groups in total. The molecule has 0 heterocycles. The summed E-state index contributed by atoms with van der Waals surface area (Å²) in [5.41, 5.74) is 3.82. The lowest BCUT2D eigenvalue weighted by molar-refractivity contribution is -0.180. The van der Waals surface area contributed by atoms with E-state index < -0.39 is 5.41 Å². The van der Waals surface area contributed by atoms with E-state index in [1.165, 1.54) is 12.7 Å². The number of methoxy groups -OCH3 is 1. The summed E-state index contributed by atoms with van der Waals surface area (Å²) in [4.78, 5) is 25.5. The number of carbonyl (C=O) groups is 2. The summed E-state index contributed by atoms with van der Waals surface area (Å²) < 4.78 is 5.27. The number of ether oxygens (including phenoxy) is 1. The zero-order valence-electron chi connectivity index (χ0n) is 21.9. The molecule has 0 spiro atoms. The summed E-state index contributed by atoms with van der Waals surface area (Å²) in [6, 6.07) is 0. The molecule has 0 aliphatic heterocycles. The first kappa shape index (κ1) is 23.6. The number of carbonyl (C=O) groups excluding carboxylic acids is 2. The van der Waals surface area contributed by atoms with Crippen molar-refractivity contribution in [3.8, 4) is 0 Å². The van der Waals surface area contributed by atoms with Crippen LogP contribution in [-0.2, 0) is 14.3 Å². The van der Waals surface area contributed by atoms with Gasteiger partial charge in [0.15, 0.2) is 5.76 Å². The lowest BCUT2D eigenvalue weighted by Crippen LogP contribution is -2.62. The Labute approximate surface area is 204 Å². The highest BCUT2D eigenvalue weighted by Crippen LogP contribution is 2.75. The molecule has 4 heteroatoms. The molecule has 3 saturated carbocycles. The predicted molar refractivity (Wildman–Crippen MR) is 133 cm³/mol. The monoisotopic (exact) mass is 464 g/mol. The van der Waals surface area contributed by atoms with Crippen LogP contribution in [0.25, 0.3) is 0 Å². The SMILES string of the molecule is COC(=O)[C@@]1(C)CC[C@@]2(C)CC[C@@]3(C)C4=CC=C5C(=CC(=O)C(O)=C5C)[C@@]4(C)CC[C@]3(C)[C@H]2C1. The van der Waals surface area contributed by atoms with E-state index in [9.17, 15) is 14.7 Å². The largest absolute Gasteiger partial charge is 0.504 e. The minimum Gasteiger partial charge on any atom is -0.504 e. The lowest BCUT2D eigenvalue weighted by Gasteiger charge is -2.70. The fourth-order valence-corrected chi connectivity index (χ4v) is 8.89. The Bertz CT molecular complexity index is 1120. The number of ketones is 1. The van der Waals surface area contributed by atoms with Crippen molar-refractivity contribution in [2.24, 2.45) is 33.0 Å². The summed E-state index contributed by atoms with van der Waals surface area (Å²) in [6.07, 6.45) is 13.3. The van der Waals surface area contributed by atoms with Gasteiger partial charge in [0.2, 0.25) is 5.78 Å². The third kappa shape index (κ3) is 2.72. The summed E-state index contributed by atoms with van der Waals surface area (Å²) in [6.45, 7) is 13.7. The highest BCUT2D eigenvalue weighted by atomic mass is 16.5. The van der Waals surface area contributed by atoms with Crippen LogP contribution in [0.2, 0.25) is 0 Å². The van der Waals surface area contributed by atoms with Gasteiger partial charge in [-0.2, -0.15) is 0 Å². The van der Waals surface area contributed by atoms with E-state index in [1.807, 2.05) is 6.92 Å². The third-order valence-corrected chi connectivity index (χ3v) is 11.6. The van der Waals surface area contributed by atoms with Gasteiger partial charge in [-0.25, -0.2) is 0 Å². The van der Waals surface area contributed by atoms with Crippen LogP contribution in [0.3, 0.4) is 0 Å². The molecule has 0 bridgehead atoms. The summed E-state index contributed by atoms with van der Waals surface area (Å²) in [7, 11) is 1.52. The van der Waals surface area contributed by atoms with Crippen LogP contribution in [0, 0.1) is 33.0 Å². The number of hydrogen-bond acceptors (Lipinski definition) is 4. The Kier molecular flexibility index (Phi) is 4.85. The molecule has 0 amide bonds. The number of fused-ring (bicyclic) bond motifs is 7. The topological polar surface area (TPSA) is 63.6 Å². The smallest absolute Gasteiger partial charge is 0.311 e. The Balaban J connectivity index is 1.63. The number of esters is 1. The standard InChI is InChI=1S/C30H40O4/c1-18-19-8-9-22-28(4,20(19)16-21(31)24(18)32)13-15-30(6)23-17-27(3,25(33)34-7)11-10-26(23,2)12-14-29(22,30)5/h8-9,16,23,32H,10-15,17H2,1-7H3/t23-,26-,27-,28+,29-,30+/m0/s1. The molecule has 0 aromatic carbocycles. The summed E-state index contributed by atoms with van der Waals surface area (Å²) in [5, 5.41) is 10.3. The first-order valence-corrected chi connectivity index (χ1v) is 12.9. The fraction of sp³-hybridized carbons (Fsp3) is 0.667. The number of hydrogen-bond donors (Lipinski definition) is 1. The average Bonchev–Trinajstić information content (AvgIpc) is 2.80. The minimum absolute atomic E-state index is 0.0262. The zero-order chi connectivity index (χ0) is 24.9. The molecule has 3 fully saturated rings. The van der Waals surface area contributed by atoms with Crippen molar-refractivity contribution in [2.75, 3.05) is 7.11 Å². The van der Waals surface area contributed by atoms with Gasteiger partial charge in [0.05, 0.1) is 12.5 Å². The van der Waals surface area contributed by atoms with Gasteiger partial charge in [0, 0.05) is 11.0 Å². The lowest BCUT2D eigenvalue weighted by atomic mass is 9.34. The van der Waals surface area contributed by atoms with E-state index in [0.717, 1.165) is 56.1 Å². The van der Waals surface area contributed by atoms with E-state index in [4.69, 9.17) is 4.74 Å². The van der Waals surface area contributed by atoms with Crippen molar-refractivity contribution in [2.45, 2.75) is 86.5 Å². The summed E-state index contributed by atoms with van der Waals surface area (Å²) in [5.74, 6) is -0.0356. The zero-order valence-corrected chi connectivity index (χ0v) is 21.9. The molecule has 0 aromatic heterocycles. The maximum Gasteiger partial charge on any atom is 0.311 e. The molecule has 0 saturated heterocycles. The second kappa shape index (κ2) is 6.98. The van der Waals surface area contributed by atoms with Crippen LogP contribution in [0.1, 0.15) is 86.5 Å². The third-order valence-electron chi connectivity index (χ3n) is 11.6. The van der Waals surface area contributed by atoms with Crippen molar-refractivity contribution in [3.63, 3.8) is 0 Å². The minimum atomic E-state index is -0.424. The molecule has 34 heavy (non-hydrogen) atoms. The molecule has 5 aliphatic carbocycles. The maximum absolute atomic E-state index is 12.8. The van der Waals surface area contributed by atoms with Crippen LogP contribution in [0.5, 0.6) is 0 Å². The molecule has 0 aromatic rings. The molecule has 6 atom stereocenters. The van der Waals surface area contributed by atoms with Crippen LogP contribution in [0.4, 0.5) is 0 Å². The molecule has 4 nitrogen and oxygen atoms in total. The Hall–Kier alpha value is -2.10. The first-order valence-electron chi connectivity index (χ1n) is 12.9. The van der Waals surface area contributed by atoms with Crippen molar-refractivity contribution >= 4 is 11.8 Å². The van der Waals surface area contributed by atoms with Gasteiger partial charge in [-0.1, -0.05) is 45.4 Å². The van der Waals surface area contributed by atoms with E-state index in [1.54, 1.807) is 6.08 Å². The second-order valence-corrected chi connectivity index (χ2v) is 13.1. The van der Waals surface area contributed by atoms with Crippen molar-refractivity contribution < 1.29 is 19.4 Å². The number of aliphatic hydroxyl groups is 1.